The molecule has 0 unspecified atom stereocenters. The molecular formula is C10H18N2O. The van der Waals surface area contributed by atoms with Crippen LogP contribution in [0.3, 0.4) is 0 Å². The van der Waals surface area contributed by atoms with Crippen LogP contribution in [0.25, 0.3) is 0 Å². The molecule has 0 aromatic rings. The van der Waals surface area contributed by atoms with Crippen LogP contribution in [0, 0.1) is 0 Å². The van der Waals surface area contributed by atoms with E-state index in [9.17, 15) is 4.79 Å². The zero-order valence-electron chi connectivity index (χ0n) is 8.47. The van der Waals surface area contributed by atoms with Crippen molar-refractivity contribution >= 4 is 5.91 Å². The molecule has 1 saturated heterocycles. The predicted molar refractivity (Wildman–Crippen MR) is 53.5 cm³/mol. The highest BCUT2D eigenvalue weighted by Gasteiger charge is 2.27. The summed E-state index contributed by atoms with van der Waals surface area (Å²) in [5, 5.41) is 3.34. The summed E-state index contributed by atoms with van der Waals surface area (Å²) in [6, 6.07) is 0. The van der Waals surface area contributed by atoms with Gasteiger partial charge in [0.25, 0.3) is 0 Å². The first-order valence-corrected chi connectivity index (χ1v) is 4.69. The molecule has 1 aliphatic heterocycles. The van der Waals surface area contributed by atoms with Crippen molar-refractivity contribution in [1.82, 2.24) is 10.2 Å². The lowest BCUT2D eigenvalue weighted by molar-refractivity contribution is -0.130. The van der Waals surface area contributed by atoms with Gasteiger partial charge in [0.05, 0.1) is 0 Å². The van der Waals surface area contributed by atoms with Crippen molar-refractivity contribution in [3.63, 3.8) is 0 Å². The monoisotopic (exact) mass is 182 g/mol. The fourth-order valence-electron chi connectivity index (χ4n) is 1.56. The number of rotatable bonds is 2. The van der Waals surface area contributed by atoms with Gasteiger partial charge in [-0.1, -0.05) is 6.08 Å². The second-order valence-electron chi connectivity index (χ2n) is 4.12. The number of hydrogen-bond donors (Lipinski definition) is 1. The van der Waals surface area contributed by atoms with Gasteiger partial charge in [0.1, 0.15) is 0 Å². The minimum absolute atomic E-state index is 0.0625. The molecule has 1 amide bonds. The molecule has 0 saturated carbocycles. The molecule has 1 fully saturated rings. The second kappa shape index (κ2) is 3.92. The molecule has 0 radical (unpaired) electrons. The number of hydrogen-bond acceptors (Lipinski definition) is 2. The van der Waals surface area contributed by atoms with Crippen molar-refractivity contribution < 1.29 is 4.79 Å². The van der Waals surface area contributed by atoms with Gasteiger partial charge in [-0.25, -0.2) is 0 Å². The highest BCUT2D eigenvalue weighted by Crippen LogP contribution is 2.13. The molecular weight excluding hydrogens is 164 g/mol. The summed E-state index contributed by atoms with van der Waals surface area (Å²) >= 11 is 0. The number of carbonyl (C=O) groups excluding carboxylic acids is 1. The average molecular weight is 182 g/mol. The lowest BCUT2D eigenvalue weighted by Gasteiger charge is -2.22. The lowest BCUT2D eigenvalue weighted by atomic mass is 10.0. The topological polar surface area (TPSA) is 32.3 Å². The Balaban J connectivity index is 2.62. The third-order valence-electron chi connectivity index (χ3n) is 2.28. The zero-order chi connectivity index (χ0) is 9.90. The van der Waals surface area contributed by atoms with Crippen molar-refractivity contribution in [3.8, 4) is 0 Å². The number of carbonyl (C=O) groups is 1. The van der Waals surface area contributed by atoms with Gasteiger partial charge in [0, 0.05) is 31.6 Å². The van der Waals surface area contributed by atoms with Crippen LogP contribution < -0.4 is 5.32 Å². The Morgan fingerprint density at radius 2 is 2.38 bits per heavy atom. The van der Waals surface area contributed by atoms with Gasteiger partial charge in [-0.3, -0.25) is 4.79 Å². The molecule has 74 valence electrons. The van der Waals surface area contributed by atoms with Gasteiger partial charge in [0.2, 0.25) is 5.91 Å². The fourth-order valence-corrected chi connectivity index (χ4v) is 1.56. The van der Waals surface area contributed by atoms with Crippen LogP contribution in [0.1, 0.15) is 20.3 Å². The van der Waals surface area contributed by atoms with E-state index in [0.717, 1.165) is 13.1 Å². The van der Waals surface area contributed by atoms with E-state index < -0.39 is 0 Å². The van der Waals surface area contributed by atoms with Crippen LogP contribution in [-0.4, -0.2) is 36.0 Å². The van der Waals surface area contributed by atoms with Gasteiger partial charge < -0.3 is 10.2 Å². The summed E-state index contributed by atoms with van der Waals surface area (Å²) in [6.07, 6.45) is 2.34. The fraction of sp³-hybridized carbons (Fsp3) is 0.700. The summed E-state index contributed by atoms with van der Waals surface area (Å²) in [7, 11) is 0. The maximum absolute atomic E-state index is 11.7. The van der Waals surface area contributed by atoms with Crippen molar-refractivity contribution in [1.29, 1.82) is 0 Å². The highest BCUT2D eigenvalue weighted by molar-refractivity contribution is 5.77. The summed E-state index contributed by atoms with van der Waals surface area (Å²) in [5.41, 5.74) is -0.0625. The van der Waals surface area contributed by atoms with E-state index in [4.69, 9.17) is 0 Å². The van der Waals surface area contributed by atoms with Crippen molar-refractivity contribution in [2.45, 2.75) is 25.8 Å². The molecule has 0 bridgehead atoms. The Hall–Kier alpha value is -0.830. The van der Waals surface area contributed by atoms with Gasteiger partial charge in [-0.05, 0) is 13.8 Å². The van der Waals surface area contributed by atoms with Crippen LogP contribution >= 0.6 is 0 Å². The highest BCUT2D eigenvalue weighted by atomic mass is 16.2. The molecule has 1 N–H and O–H groups in total. The minimum atomic E-state index is -0.0625. The smallest absolute Gasteiger partial charge is 0.224 e. The van der Waals surface area contributed by atoms with E-state index in [0.29, 0.717) is 13.0 Å². The molecule has 0 aromatic heterocycles. The molecule has 0 spiro atoms. The average Bonchev–Trinajstić information content (AvgIpc) is 2.11. The first kappa shape index (κ1) is 10.3. The largest absolute Gasteiger partial charge is 0.338 e. The maximum Gasteiger partial charge on any atom is 0.224 e. The van der Waals surface area contributed by atoms with E-state index in [-0.39, 0.29) is 11.4 Å². The summed E-state index contributed by atoms with van der Waals surface area (Å²) < 4.78 is 0. The molecule has 0 atom stereocenters. The van der Waals surface area contributed by atoms with Crippen LogP contribution in [0.5, 0.6) is 0 Å². The molecule has 1 rings (SSSR count). The number of amides is 1. The third kappa shape index (κ3) is 2.84. The van der Waals surface area contributed by atoms with Crippen molar-refractivity contribution in [2.24, 2.45) is 0 Å². The van der Waals surface area contributed by atoms with Gasteiger partial charge in [-0.2, -0.15) is 0 Å². The van der Waals surface area contributed by atoms with Crippen molar-refractivity contribution in [2.75, 3.05) is 19.6 Å². The van der Waals surface area contributed by atoms with Gasteiger partial charge >= 0.3 is 0 Å². The molecule has 0 aromatic carbocycles. The summed E-state index contributed by atoms with van der Waals surface area (Å²) in [5.74, 6) is 0.218. The predicted octanol–water partition coefficient (Wildman–Crippen LogP) is 0.773. The first-order valence-electron chi connectivity index (χ1n) is 4.69. The molecule has 3 nitrogen and oxygen atoms in total. The standard InChI is InChI=1S/C10H18N2O/c1-4-6-12-7-5-11-10(2,3)8-9(12)13/h4,11H,1,5-8H2,2-3H3. The molecule has 0 aliphatic carbocycles. The Morgan fingerprint density at radius 3 is 3.00 bits per heavy atom. The van der Waals surface area contributed by atoms with Crippen molar-refractivity contribution in [3.05, 3.63) is 12.7 Å². The minimum Gasteiger partial charge on any atom is -0.338 e. The van der Waals surface area contributed by atoms with E-state index in [1.807, 2.05) is 4.90 Å². The lowest BCUT2D eigenvalue weighted by Crippen LogP contribution is -2.39. The normalized spacial score (nSPS) is 22.6. The maximum atomic E-state index is 11.7. The van der Waals surface area contributed by atoms with Crippen LogP contribution in [0.2, 0.25) is 0 Å². The Kier molecular flexibility index (Phi) is 3.09. The second-order valence-corrected chi connectivity index (χ2v) is 4.12. The molecule has 1 heterocycles. The third-order valence-corrected chi connectivity index (χ3v) is 2.28. The van der Waals surface area contributed by atoms with E-state index in [2.05, 4.69) is 25.7 Å². The van der Waals surface area contributed by atoms with Gasteiger partial charge in [-0.15, -0.1) is 6.58 Å². The molecule has 13 heavy (non-hydrogen) atoms. The van der Waals surface area contributed by atoms with Crippen LogP contribution in [0.4, 0.5) is 0 Å². The Labute approximate surface area is 79.8 Å². The van der Waals surface area contributed by atoms with E-state index in [1.54, 1.807) is 6.08 Å². The number of nitrogens with zero attached hydrogens (tertiary/aromatic N) is 1. The SMILES string of the molecule is C=CCN1CCNC(C)(C)CC1=O. The van der Waals surface area contributed by atoms with E-state index in [1.165, 1.54) is 0 Å². The summed E-state index contributed by atoms with van der Waals surface area (Å²) in [6.45, 7) is 10.1. The summed E-state index contributed by atoms with van der Waals surface area (Å²) in [4.78, 5) is 13.5. The Bertz CT molecular complexity index is 211. The van der Waals surface area contributed by atoms with Crippen LogP contribution in [0.15, 0.2) is 12.7 Å². The molecule has 1 aliphatic rings. The first-order chi connectivity index (χ1) is 6.05. The number of nitrogens with one attached hydrogen (secondary N) is 1. The Morgan fingerprint density at radius 1 is 1.69 bits per heavy atom. The van der Waals surface area contributed by atoms with E-state index >= 15 is 0 Å². The zero-order valence-corrected chi connectivity index (χ0v) is 8.47. The van der Waals surface area contributed by atoms with Gasteiger partial charge in [0.15, 0.2) is 0 Å². The quantitative estimate of drug-likeness (QED) is 0.640. The molecule has 3 heteroatoms. The van der Waals surface area contributed by atoms with Crippen LogP contribution in [-0.2, 0) is 4.79 Å².